The van der Waals surface area contributed by atoms with Crippen LogP contribution in [-0.2, 0) is 10.0 Å². The van der Waals surface area contributed by atoms with Gasteiger partial charge in [0.25, 0.3) is 0 Å². The van der Waals surface area contributed by atoms with Crippen LogP contribution in [0.5, 0.6) is 0 Å². The van der Waals surface area contributed by atoms with Gasteiger partial charge in [0.2, 0.25) is 10.0 Å². The van der Waals surface area contributed by atoms with Crippen LogP contribution in [0.25, 0.3) is 17.3 Å². The molecular formula is C18H22FN3O2S. The Morgan fingerprint density at radius 2 is 1.88 bits per heavy atom. The van der Waals surface area contributed by atoms with Gasteiger partial charge in [-0.3, -0.25) is 4.98 Å². The van der Waals surface area contributed by atoms with Gasteiger partial charge < -0.3 is 4.90 Å². The van der Waals surface area contributed by atoms with Crippen molar-refractivity contribution in [3.63, 3.8) is 0 Å². The minimum atomic E-state index is -3.45. The second-order valence-electron chi connectivity index (χ2n) is 5.90. The number of nitrogens with one attached hydrogen (secondary N) is 1. The highest BCUT2D eigenvalue weighted by Crippen LogP contribution is 2.30. The molecule has 0 saturated heterocycles. The van der Waals surface area contributed by atoms with Crippen LogP contribution in [-0.4, -0.2) is 33.5 Å². The van der Waals surface area contributed by atoms with Crippen LogP contribution in [0, 0.1) is 5.82 Å². The van der Waals surface area contributed by atoms with E-state index in [2.05, 4.69) is 9.71 Å². The van der Waals surface area contributed by atoms with Crippen LogP contribution >= 0.6 is 0 Å². The first kappa shape index (κ1) is 19.1. The molecule has 0 spiro atoms. The van der Waals surface area contributed by atoms with Crippen molar-refractivity contribution in [3.05, 3.63) is 53.3 Å². The molecule has 134 valence electrons. The van der Waals surface area contributed by atoms with E-state index in [1.807, 2.05) is 31.9 Å². The maximum atomic E-state index is 13.2. The van der Waals surface area contributed by atoms with Gasteiger partial charge in [0.1, 0.15) is 5.82 Å². The zero-order valence-corrected chi connectivity index (χ0v) is 15.5. The molecular weight excluding hydrogens is 341 g/mol. The number of anilines is 1. The van der Waals surface area contributed by atoms with E-state index in [1.165, 1.54) is 25.3 Å². The van der Waals surface area contributed by atoms with Gasteiger partial charge in [0.15, 0.2) is 0 Å². The number of hydrogen-bond donors (Lipinski definition) is 1. The van der Waals surface area contributed by atoms with Gasteiger partial charge in [0.05, 0.1) is 11.4 Å². The largest absolute Gasteiger partial charge is 0.370 e. The molecule has 1 N–H and O–H groups in total. The lowest BCUT2D eigenvalue weighted by Gasteiger charge is -2.26. The summed E-state index contributed by atoms with van der Waals surface area (Å²) in [5.74, 6) is -0.306. The number of nitrogens with zero attached hydrogens (tertiary/aromatic N) is 2. The highest BCUT2D eigenvalue weighted by Gasteiger charge is 2.14. The Morgan fingerprint density at radius 1 is 1.24 bits per heavy atom. The highest BCUT2D eigenvalue weighted by molar-refractivity contribution is 7.92. The van der Waals surface area contributed by atoms with Gasteiger partial charge in [0, 0.05) is 30.3 Å². The fraction of sp³-hybridized carbons (Fsp3) is 0.278. The van der Waals surface area contributed by atoms with Crippen LogP contribution in [0.4, 0.5) is 10.1 Å². The molecule has 2 aromatic rings. The molecule has 0 radical (unpaired) electrons. The van der Waals surface area contributed by atoms with Crippen molar-refractivity contribution in [2.45, 2.75) is 19.9 Å². The van der Waals surface area contributed by atoms with E-state index in [0.29, 0.717) is 11.3 Å². The Balaban J connectivity index is 2.52. The second kappa shape index (κ2) is 7.76. The van der Waals surface area contributed by atoms with E-state index in [-0.39, 0.29) is 11.9 Å². The molecule has 0 amide bonds. The Bertz CT molecular complexity index is 862. The maximum absolute atomic E-state index is 13.2. The lowest BCUT2D eigenvalue weighted by molar-refractivity contribution is 0.597. The number of hydrogen-bond acceptors (Lipinski definition) is 4. The molecule has 1 aromatic carbocycles. The Kier molecular flexibility index (Phi) is 5.92. The number of halogens is 1. The van der Waals surface area contributed by atoms with E-state index in [1.54, 1.807) is 18.3 Å². The summed E-state index contributed by atoms with van der Waals surface area (Å²) in [6.45, 7) is 4.09. The molecule has 1 aromatic heterocycles. The first-order chi connectivity index (χ1) is 11.7. The van der Waals surface area contributed by atoms with Gasteiger partial charge in [-0.05, 0) is 62.9 Å². The lowest BCUT2D eigenvalue weighted by atomic mass is 10.1. The average molecular weight is 363 g/mol. The number of aromatic nitrogens is 1. The number of pyridine rings is 1. The summed E-state index contributed by atoms with van der Waals surface area (Å²) < 4.78 is 38.5. The molecule has 0 unspecified atom stereocenters. The monoisotopic (exact) mass is 363 g/mol. The first-order valence-corrected chi connectivity index (χ1v) is 9.38. The summed E-state index contributed by atoms with van der Waals surface area (Å²) >= 11 is 0. The van der Waals surface area contributed by atoms with Gasteiger partial charge in [-0.25, -0.2) is 17.5 Å². The van der Waals surface area contributed by atoms with Crippen molar-refractivity contribution in [2.24, 2.45) is 0 Å². The van der Waals surface area contributed by atoms with Crippen molar-refractivity contribution in [2.75, 3.05) is 19.0 Å². The quantitative estimate of drug-likeness (QED) is 0.856. The molecule has 7 heteroatoms. The Morgan fingerprint density at radius 3 is 2.44 bits per heavy atom. The van der Waals surface area contributed by atoms with Crippen LogP contribution in [0.2, 0.25) is 0 Å². The third kappa shape index (κ3) is 4.87. The third-order valence-electron chi connectivity index (χ3n) is 3.89. The molecule has 0 fully saturated rings. The van der Waals surface area contributed by atoms with Crippen molar-refractivity contribution in [3.8, 4) is 11.3 Å². The maximum Gasteiger partial charge on any atom is 0.233 e. The number of sulfonamides is 1. The van der Waals surface area contributed by atoms with Gasteiger partial charge in [-0.1, -0.05) is 0 Å². The minimum absolute atomic E-state index is 0.210. The first-order valence-electron chi connectivity index (χ1n) is 7.84. The van der Waals surface area contributed by atoms with E-state index in [9.17, 15) is 12.8 Å². The topological polar surface area (TPSA) is 62.3 Å². The van der Waals surface area contributed by atoms with E-state index in [4.69, 9.17) is 0 Å². The predicted octanol–water partition coefficient (Wildman–Crippen LogP) is 3.25. The standard InChI is InChI=1S/C18H22FN3O2S/c1-13(2)22(4)17-11-14(9-10-25(23,24)20-3)12-21-18(17)15-5-7-16(19)8-6-15/h5-13,20H,1-4H3. The van der Waals surface area contributed by atoms with Crippen molar-refractivity contribution >= 4 is 21.8 Å². The summed E-state index contributed by atoms with van der Waals surface area (Å²) in [4.78, 5) is 6.52. The van der Waals surface area contributed by atoms with Crippen LogP contribution in [0.15, 0.2) is 41.9 Å². The van der Waals surface area contributed by atoms with Crippen LogP contribution in [0.3, 0.4) is 0 Å². The van der Waals surface area contributed by atoms with Crippen LogP contribution < -0.4 is 9.62 Å². The molecule has 5 nitrogen and oxygen atoms in total. The van der Waals surface area contributed by atoms with E-state index < -0.39 is 10.0 Å². The highest BCUT2D eigenvalue weighted by atomic mass is 32.2. The van der Waals surface area contributed by atoms with Gasteiger partial charge in [-0.2, -0.15) is 0 Å². The second-order valence-corrected chi connectivity index (χ2v) is 7.67. The summed E-state index contributed by atoms with van der Waals surface area (Å²) in [5, 5.41) is 1.10. The molecule has 0 atom stereocenters. The SMILES string of the molecule is CNS(=O)(=O)C=Cc1cnc(-c2ccc(F)cc2)c(N(C)C(C)C)c1. The van der Waals surface area contributed by atoms with Gasteiger partial charge in [-0.15, -0.1) is 0 Å². The molecule has 0 aliphatic carbocycles. The minimum Gasteiger partial charge on any atom is -0.370 e. The lowest BCUT2D eigenvalue weighted by Crippen LogP contribution is -2.26. The molecule has 0 aliphatic heterocycles. The fourth-order valence-electron chi connectivity index (χ4n) is 2.17. The summed E-state index contributed by atoms with van der Waals surface area (Å²) in [6.07, 6.45) is 3.09. The summed E-state index contributed by atoms with van der Waals surface area (Å²) in [5.41, 5.74) is 3.00. The average Bonchev–Trinajstić information content (AvgIpc) is 2.60. The van der Waals surface area contributed by atoms with Crippen molar-refractivity contribution in [1.29, 1.82) is 0 Å². The van der Waals surface area contributed by atoms with Gasteiger partial charge >= 0.3 is 0 Å². The van der Waals surface area contributed by atoms with Crippen molar-refractivity contribution in [1.82, 2.24) is 9.71 Å². The zero-order chi connectivity index (χ0) is 18.6. The Labute approximate surface area is 148 Å². The van der Waals surface area contributed by atoms with E-state index >= 15 is 0 Å². The smallest absolute Gasteiger partial charge is 0.233 e. The normalized spacial score (nSPS) is 12.1. The molecule has 2 rings (SSSR count). The predicted molar refractivity (Wildman–Crippen MR) is 100 cm³/mol. The number of rotatable bonds is 6. The summed E-state index contributed by atoms with van der Waals surface area (Å²) in [7, 11) is -0.156. The van der Waals surface area contributed by atoms with E-state index in [0.717, 1.165) is 16.7 Å². The third-order valence-corrected chi connectivity index (χ3v) is 4.95. The molecule has 0 aliphatic rings. The molecule has 1 heterocycles. The zero-order valence-electron chi connectivity index (χ0n) is 14.7. The van der Waals surface area contributed by atoms with Crippen molar-refractivity contribution < 1.29 is 12.8 Å². The van der Waals surface area contributed by atoms with Crippen LogP contribution in [0.1, 0.15) is 19.4 Å². The molecule has 0 bridgehead atoms. The fourth-order valence-corrected chi connectivity index (χ4v) is 2.65. The summed E-state index contributed by atoms with van der Waals surface area (Å²) in [6, 6.07) is 8.22. The Hall–Kier alpha value is -2.25. The number of benzene rings is 1. The molecule has 0 saturated carbocycles. The molecule has 25 heavy (non-hydrogen) atoms.